The van der Waals surface area contributed by atoms with Crippen LogP contribution in [0, 0.1) is 5.92 Å². The van der Waals surface area contributed by atoms with Crippen molar-refractivity contribution in [2.75, 3.05) is 50.4 Å². The van der Waals surface area contributed by atoms with E-state index in [4.69, 9.17) is 15.2 Å². The van der Waals surface area contributed by atoms with Crippen LogP contribution in [-0.2, 0) is 4.79 Å². The summed E-state index contributed by atoms with van der Waals surface area (Å²) in [5, 5.41) is 0. The number of carbonyl (C=O) groups is 1. The zero-order valence-electron chi connectivity index (χ0n) is 14.2. The molecule has 6 nitrogen and oxygen atoms in total. The summed E-state index contributed by atoms with van der Waals surface area (Å²) >= 11 is 1.80. The molecule has 2 aliphatic rings. The minimum absolute atomic E-state index is 0.0699. The fourth-order valence-corrected chi connectivity index (χ4v) is 4.27. The lowest BCUT2D eigenvalue weighted by Gasteiger charge is -2.38. The highest BCUT2D eigenvalue weighted by Gasteiger charge is 2.35. The number of thioether (sulfide) groups is 1. The first-order chi connectivity index (χ1) is 11.6. The molecule has 1 aromatic carbocycles. The molecular formula is C17H25N3O3S. The molecule has 0 radical (unpaired) electrons. The topological polar surface area (TPSA) is 68.0 Å². The number of hydrogen-bond donors (Lipinski definition) is 1. The number of benzene rings is 1. The van der Waals surface area contributed by atoms with Crippen LogP contribution in [0.25, 0.3) is 0 Å². The first kappa shape index (κ1) is 17.2. The van der Waals surface area contributed by atoms with Crippen molar-refractivity contribution in [2.24, 2.45) is 11.7 Å². The second-order valence-electron chi connectivity index (χ2n) is 6.18. The SMILES string of the molecule is COc1ccc(N2CC[C@H](N)[C@@H](C(=O)N3CCSC3)C2)cc1OC. The molecule has 2 heterocycles. The van der Waals surface area contributed by atoms with Gasteiger partial charge in [0.25, 0.3) is 0 Å². The summed E-state index contributed by atoms with van der Waals surface area (Å²) in [6, 6.07) is 5.80. The average Bonchev–Trinajstić information content (AvgIpc) is 3.15. The zero-order chi connectivity index (χ0) is 17.1. The van der Waals surface area contributed by atoms with Crippen molar-refractivity contribution in [2.45, 2.75) is 12.5 Å². The van der Waals surface area contributed by atoms with Crippen LogP contribution in [0.3, 0.4) is 0 Å². The van der Waals surface area contributed by atoms with Crippen molar-refractivity contribution >= 4 is 23.4 Å². The molecule has 2 N–H and O–H groups in total. The van der Waals surface area contributed by atoms with Gasteiger partial charge in [0.2, 0.25) is 5.91 Å². The summed E-state index contributed by atoms with van der Waals surface area (Å²) in [5.41, 5.74) is 7.30. The highest BCUT2D eigenvalue weighted by molar-refractivity contribution is 7.99. The normalized spacial score (nSPS) is 24.1. The summed E-state index contributed by atoms with van der Waals surface area (Å²) < 4.78 is 10.7. The Balaban J connectivity index is 1.76. The minimum Gasteiger partial charge on any atom is -0.493 e. The van der Waals surface area contributed by atoms with E-state index in [2.05, 4.69) is 4.90 Å². The smallest absolute Gasteiger partial charge is 0.229 e. The van der Waals surface area contributed by atoms with Gasteiger partial charge in [-0.05, 0) is 18.6 Å². The molecule has 132 valence electrons. The van der Waals surface area contributed by atoms with Crippen LogP contribution in [0.4, 0.5) is 5.69 Å². The Morgan fingerprint density at radius 2 is 2.04 bits per heavy atom. The fraction of sp³-hybridized carbons (Fsp3) is 0.588. The number of ether oxygens (including phenoxy) is 2. The molecular weight excluding hydrogens is 326 g/mol. The van der Waals surface area contributed by atoms with Crippen molar-refractivity contribution in [1.82, 2.24) is 4.90 Å². The van der Waals surface area contributed by atoms with Gasteiger partial charge >= 0.3 is 0 Å². The molecule has 2 aliphatic heterocycles. The van der Waals surface area contributed by atoms with Crippen LogP contribution < -0.4 is 20.1 Å². The number of anilines is 1. The Morgan fingerprint density at radius 3 is 2.71 bits per heavy atom. The van der Waals surface area contributed by atoms with Gasteiger partial charge in [-0.2, -0.15) is 0 Å². The van der Waals surface area contributed by atoms with Gasteiger partial charge in [-0.3, -0.25) is 4.79 Å². The van der Waals surface area contributed by atoms with Crippen LogP contribution >= 0.6 is 11.8 Å². The van der Waals surface area contributed by atoms with E-state index in [1.807, 2.05) is 23.1 Å². The summed E-state index contributed by atoms with van der Waals surface area (Å²) in [4.78, 5) is 16.9. The molecule has 0 aliphatic carbocycles. The number of carbonyl (C=O) groups excluding carboxylic acids is 1. The van der Waals surface area contributed by atoms with Gasteiger partial charge in [-0.25, -0.2) is 0 Å². The molecule has 0 unspecified atom stereocenters. The molecule has 0 bridgehead atoms. The van der Waals surface area contributed by atoms with E-state index < -0.39 is 0 Å². The molecule has 24 heavy (non-hydrogen) atoms. The number of methoxy groups -OCH3 is 2. The van der Waals surface area contributed by atoms with E-state index in [1.165, 1.54) is 0 Å². The third-order valence-electron chi connectivity index (χ3n) is 4.78. The van der Waals surface area contributed by atoms with Crippen molar-refractivity contribution in [3.05, 3.63) is 18.2 Å². The van der Waals surface area contributed by atoms with Crippen LogP contribution in [0.1, 0.15) is 6.42 Å². The van der Waals surface area contributed by atoms with E-state index in [-0.39, 0.29) is 17.9 Å². The van der Waals surface area contributed by atoms with Gasteiger partial charge < -0.3 is 25.0 Å². The van der Waals surface area contributed by atoms with Gasteiger partial charge in [-0.15, -0.1) is 11.8 Å². The molecule has 1 amide bonds. The number of piperidine rings is 1. The molecule has 2 saturated heterocycles. The van der Waals surface area contributed by atoms with Gasteiger partial charge in [-0.1, -0.05) is 0 Å². The average molecular weight is 351 g/mol. The number of nitrogens with two attached hydrogens (primary N) is 1. The maximum absolute atomic E-state index is 12.8. The quantitative estimate of drug-likeness (QED) is 0.884. The molecule has 3 rings (SSSR count). The predicted molar refractivity (Wildman–Crippen MR) is 96.9 cm³/mol. The second-order valence-corrected chi connectivity index (χ2v) is 7.26. The van der Waals surface area contributed by atoms with Crippen molar-refractivity contribution in [3.63, 3.8) is 0 Å². The van der Waals surface area contributed by atoms with Gasteiger partial charge in [0.05, 0.1) is 26.0 Å². The Labute approximate surface area is 147 Å². The molecule has 2 fully saturated rings. The van der Waals surface area contributed by atoms with Gasteiger partial charge in [0.1, 0.15) is 0 Å². The Morgan fingerprint density at radius 1 is 1.25 bits per heavy atom. The standard InChI is InChI=1S/C17H25N3O3S/c1-22-15-4-3-12(9-16(15)23-2)19-6-5-14(18)13(10-19)17(21)20-7-8-24-11-20/h3-4,9,13-14H,5-8,10-11,18H2,1-2H3/t13-,14-/m0/s1. The largest absolute Gasteiger partial charge is 0.493 e. The van der Waals surface area contributed by atoms with Crippen LogP contribution in [0.15, 0.2) is 18.2 Å². The Bertz CT molecular complexity index is 592. The monoisotopic (exact) mass is 351 g/mol. The van der Waals surface area contributed by atoms with Crippen LogP contribution in [0.2, 0.25) is 0 Å². The van der Waals surface area contributed by atoms with Crippen molar-refractivity contribution in [1.29, 1.82) is 0 Å². The van der Waals surface area contributed by atoms with E-state index in [0.717, 1.165) is 36.8 Å². The summed E-state index contributed by atoms with van der Waals surface area (Å²) in [6.07, 6.45) is 0.811. The van der Waals surface area contributed by atoms with Crippen LogP contribution in [-0.4, -0.2) is 62.3 Å². The molecule has 2 atom stereocenters. The number of hydrogen-bond acceptors (Lipinski definition) is 6. The first-order valence-corrected chi connectivity index (χ1v) is 9.38. The number of amides is 1. The molecule has 7 heteroatoms. The van der Waals surface area contributed by atoms with Gasteiger partial charge in [0.15, 0.2) is 11.5 Å². The van der Waals surface area contributed by atoms with E-state index >= 15 is 0 Å². The Hall–Kier alpha value is -1.60. The lowest BCUT2D eigenvalue weighted by Crippen LogP contribution is -2.53. The highest BCUT2D eigenvalue weighted by atomic mass is 32.2. The lowest BCUT2D eigenvalue weighted by molar-refractivity contribution is -0.134. The van der Waals surface area contributed by atoms with Crippen molar-refractivity contribution in [3.8, 4) is 11.5 Å². The highest BCUT2D eigenvalue weighted by Crippen LogP contribution is 2.33. The fourth-order valence-electron chi connectivity index (χ4n) is 3.31. The molecule has 0 saturated carbocycles. The van der Waals surface area contributed by atoms with Crippen LogP contribution in [0.5, 0.6) is 11.5 Å². The summed E-state index contributed by atoms with van der Waals surface area (Å²) in [6.45, 7) is 2.33. The molecule has 0 aromatic heterocycles. The summed E-state index contributed by atoms with van der Waals surface area (Å²) in [5.74, 6) is 3.26. The maximum atomic E-state index is 12.8. The number of rotatable bonds is 4. The third-order valence-corrected chi connectivity index (χ3v) is 5.75. The lowest BCUT2D eigenvalue weighted by atomic mass is 9.91. The Kier molecular flexibility index (Phi) is 5.40. The molecule has 1 aromatic rings. The van der Waals surface area contributed by atoms with Crippen molar-refractivity contribution < 1.29 is 14.3 Å². The predicted octanol–water partition coefficient (Wildman–Crippen LogP) is 1.39. The molecule has 0 spiro atoms. The van der Waals surface area contributed by atoms with E-state index in [9.17, 15) is 4.79 Å². The number of nitrogens with zero attached hydrogens (tertiary/aromatic N) is 2. The third kappa shape index (κ3) is 3.42. The first-order valence-electron chi connectivity index (χ1n) is 8.23. The van der Waals surface area contributed by atoms with E-state index in [0.29, 0.717) is 18.0 Å². The maximum Gasteiger partial charge on any atom is 0.229 e. The van der Waals surface area contributed by atoms with Gasteiger partial charge in [0, 0.05) is 43.2 Å². The zero-order valence-corrected chi connectivity index (χ0v) is 15.1. The summed E-state index contributed by atoms with van der Waals surface area (Å²) in [7, 11) is 3.26. The minimum atomic E-state index is -0.148. The van der Waals surface area contributed by atoms with E-state index in [1.54, 1.807) is 26.0 Å². The second kappa shape index (κ2) is 7.53.